The second-order valence-corrected chi connectivity index (χ2v) is 9.25. The van der Waals surface area contributed by atoms with Crippen LogP contribution in [0.3, 0.4) is 0 Å². The highest BCUT2D eigenvalue weighted by Crippen LogP contribution is 2.28. The Kier molecular flexibility index (Phi) is 6.27. The van der Waals surface area contributed by atoms with Crippen molar-refractivity contribution in [1.82, 2.24) is 5.32 Å². The fourth-order valence-corrected chi connectivity index (χ4v) is 3.89. The van der Waals surface area contributed by atoms with Crippen molar-refractivity contribution in [3.05, 3.63) is 59.2 Å². The third-order valence-corrected chi connectivity index (χ3v) is 5.68. The molecule has 2 aromatic rings. The molecule has 1 aliphatic heterocycles. The molecule has 0 saturated carbocycles. The van der Waals surface area contributed by atoms with E-state index in [1.165, 1.54) is 11.1 Å². The van der Waals surface area contributed by atoms with Gasteiger partial charge in [0, 0.05) is 24.3 Å². The SMILES string of the molecule is Cc1ccc(NC(=S)NC(C)c2ccc(C(C)(C)C)cc2)cc1N1CCCC1=O. The van der Waals surface area contributed by atoms with Crippen LogP contribution < -0.4 is 15.5 Å². The van der Waals surface area contributed by atoms with Gasteiger partial charge in [0.05, 0.1) is 6.04 Å². The highest BCUT2D eigenvalue weighted by Gasteiger charge is 2.23. The molecule has 0 bridgehead atoms. The van der Waals surface area contributed by atoms with E-state index in [-0.39, 0.29) is 17.4 Å². The molecule has 29 heavy (non-hydrogen) atoms. The van der Waals surface area contributed by atoms with Gasteiger partial charge < -0.3 is 15.5 Å². The zero-order chi connectivity index (χ0) is 21.2. The molecule has 1 heterocycles. The second kappa shape index (κ2) is 8.54. The van der Waals surface area contributed by atoms with Crippen molar-refractivity contribution in [2.75, 3.05) is 16.8 Å². The average molecular weight is 410 g/mol. The number of anilines is 2. The molecule has 2 aromatic carbocycles. The molecule has 0 aromatic heterocycles. The normalized spacial score (nSPS) is 15.3. The first-order chi connectivity index (χ1) is 13.6. The first kappa shape index (κ1) is 21.3. The summed E-state index contributed by atoms with van der Waals surface area (Å²) in [6, 6.07) is 14.8. The van der Waals surface area contributed by atoms with E-state index in [0.717, 1.165) is 29.9 Å². The van der Waals surface area contributed by atoms with Gasteiger partial charge in [-0.1, -0.05) is 51.1 Å². The fraction of sp³-hybridized carbons (Fsp3) is 0.417. The monoisotopic (exact) mass is 409 g/mol. The number of benzene rings is 2. The summed E-state index contributed by atoms with van der Waals surface area (Å²) in [4.78, 5) is 14.0. The summed E-state index contributed by atoms with van der Waals surface area (Å²) in [7, 11) is 0. The summed E-state index contributed by atoms with van der Waals surface area (Å²) in [5.74, 6) is 0.193. The van der Waals surface area contributed by atoms with Crippen molar-refractivity contribution in [3.63, 3.8) is 0 Å². The van der Waals surface area contributed by atoms with E-state index >= 15 is 0 Å². The zero-order valence-corrected chi connectivity index (χ0v) is 18.8. The molecule has 1 saturated heterocycles. The van der Waals surface area contributed by atoms with Gasteiger partial charge in [-0.25, -0.2) is 0 Å². The molecule has 1 fully saturated rings. The molecule has 1 atom stereocenters. The van der Waals surface area contributed by atoms with Gasteiger partial charge in [0.2, 0.25) is 5.91 Å². The van der Waals surface area contributed by atoms with Crippen LogP contribution in [0.4, 0.5) is 11.4 Å². The van der Waals surface area contributed by atoms with Crippen molar-refractivity contribution < 1.29 is 4.79 Å². The van der Waals surface area contributed by atoms with E-state index in [0.29, 0.717) is 11.5 Å². The Bertz CT molecular complexity index is 899. The molecular formula is C24H31N3OS. The van der Waals surface area contributed by atoms with Crippen molar-refractivity contribution in [2.24, 2.45) is 0 Å². The fourth-order valence-electron chi connectivity index (χ4n) is 3.60. The lowest BCUT2D eigenvalue weighted by atomic mass is 9.86. The maximum Gasteiger partial charge on any atom is 0.227 e. The minimum atomic E-state index is 0.0918. The van der Waals surface area contributed by atoms with E-state index in [9.17, 15) is 4.79 Å². The summed E-state index contributed by atoms with van der Waals surface area (Å²) in [6.45, 7) is 11.6. The Morgan fingerprint density at radius 1 is 1.14 bits per heavy atom. The molecule has 2 N–H and O–H groups in total. The summed E-state index contributed by atoms with van der Waals surface area (Å²) in [5, 5.41) is 7.19. The predicted octanol–water partition coefficient (Wildman–Crippen LogP) is 5.47. The number of thiocarbonyl (C=S) groups is 1. The van der Waals surface area contributed by atoms with Crippen molar-refractivity contribution in [3.8, 4) is 0 Å². The first-order valence-electron chi connectivity index (χ1n) is 10.2. The van der Waals surface area contributed by atoms with E-state index < -0.39 is 0 Å². The number of nitrogens with one attached hydrogen (secondary N) is 2. The number of carbonyl (C=O) groups is 1. The molecular weight excluding hydrogens is 378 g/mol. The Balaban J connectivity index is 1.65. The molecule has 0 radical (unpaired) electrons. The standard InChI is InChI=1S/C24H31N3OS/c1-16-8-13-20(15-21(16)27-14-6-7-22(27)28)26-23(29)25-17(2)18-9-11-19(12-10-18)24(3,4)5/h8-13,15,17H,6-7,14H2,1-5H3,(H2,25,26,29). The van der Waals surface area contributed by atoms with E-state index in [2.05, 4.69) is 62.6 Å². The molecule has 0 spiro atoms. The molecule has 0 aliphatic carbocycles. The lowest BCUT2D eigenvalue weighted by Gasteiger charge is -2.22. The molecule has 1 aliphatic rings. The van der Waals surface area contributed by atoms with Gasteiger partial charge in [0.1, 0.15) is 0 Å². The lowest BCUT2D eigenvalue weighted by molar-refractivity contribution is -0.117. The number of rotatable bonds is 4. The Morgan fingerprint density at radius 2 is 1.83 bits per heavy atom. The van der Waals surface area contributed by atoms with Gasteiger partial charge in [-0.05, 0) is 66.7 Å². The topological polar surface area (TPSA) is 44.4 Å². The van der Waals surface area contributed by atoms with Crippen LogP contribution in [0.1, 0.15) is 63.3 Å². The zero-order valence-electron chi connectivity index (χ0n) is 18.0. The average Bonchev–Trinajstić information content (AvgIpc) is 3.08. The summed E-state index contributed by atoms with van der Waals surface area (Å²) in [5.41, 5.74) is 5.60. The highest BCUT2D eigenvalue weighted by molar-refractivity contribution is 7.80. The number of hydrogen-bond acceptors (Lipinski definition) is 2. The summed E-state index contributed by atoms with van der Waals surface area (Å²) < 4.78 is 0. The minimum Gasteiger partial charge on any atom is -0.356 e. The van der Waals surface area contributed by atoms with Gasteiger partial charge in [-0.3, -0.25) is 4.79 Å². The molecule has 5 heteroatoms. The van der Waals surface area contributed by atoms with E-state index in [1.54, 1.807) is 0 Å². The summed E-state index contributed by atoms with van der Waals surface area (Å²) in [6.07, 6.45) is 1.55. The van der Waals surface area contributed by atoms with Gasteiger partial charge in [-0.2, -0.15) is 0 Å². The smallest absolute Gasteiger partial charge is 0.227 e. The van der Waals surface area contributed by atoms with Gasteiger partial charge in [0.25, 0.3) is 0 Å². The largest absolute Gasteiger partial charge is 0.356 e. The predicted molar refractivity (Wildman–Crippen MR) is 126 cm³/mol. The van der Waals surface area contributed by atoms with Crippen LogP contribution in [0, 0.1) is 6.92 Å². The maximum absolute atomic E-state index is 12.1. The van der Waals surface area contributed by atoms with Crippen LogP contribution in [0.15, 0.2) is 42.5 Å². The summed E-state index contributed by atoms with van der Waals surface area (Å²) >= 11 is 5.53. The number of nitrogens with zero attached hydrogens (tertiary/aromatic N) is 1. The molecule has 1 unspecified atom stereocenters. The van der Waals surface area contributed by atoms with Crippen LogP contribution in [-0.2, 0) is 10.2 Å². The van der Waals surface area contributed by atoms with Crippen molar-refractivity contribution >= 4 is 34.6 Å². The number of amides is 1. The van der Waals surface area contributed by atoms with Crippen LogP contribution in [0.25, 0.3) is 0 Å². The van der Waals surface area contributed by atoms with E-state index in [1.807, 2.05) is 30.0 Å². The van der Waals surface area contributed by atoms with Crippen LogP contribution >= 0.6 is 12.2 Å². The van der Waals surface area contributed by atoms with Crippen LogP contribution in [0.2, 0.25) is 0 Å². The Hall–Kier alpha value is -2.40. The Labute approximate surface area is 179 Å². The Morgan fingerprint density at radius 3 is 2.41 bits per heavy atom. The molecule has 154 valence electrons. The van der Waals surface area contributed by atoms with Gasteiger partial charge >= 0.3 is 0 Å². The van der Waals surface area contributed by atoms with E-state index in [4.69, 9.17) is 12.2 Å². The second-order valence-electron chi connectivity index (χ2n) is 8.84. The number of carbonyl (C=O) groups excluding carboxylic acids is 1. The van der Waals surface area contributed by atoms with Crippen LogP contribution in [0.5, 0.6) is 0 Å². The maximum atomic E-state index is 12.1. The third-order valence-electron chi connectivity index (χ3n) is 5.46. The number of aryl methyl sites for hydroxylation is 1. The van der Waals surface area contributed by atoms with Gasteiger partial charge in [0.15, 0.2) is 5.11 Å². The minimum absolute atomic E-state index is 0.0918. The van der Waals surface area contributed by atoms with Crippen molar-refractivity contribution in [1.29, 1.82) is 0 Å². The molecule has 1 amide bonds. The highest BCUT2D eigenvalue weighted by atomic mass is 32.1. The first-order valence-corrected chi connectivity index (χ1v) is 10.6. The quantitative estimate of drug-likeness (QED) is 0.658. The molecule has 4 nitrogen and oxygen atoms in total. The number of hydrogen-bond donors (Lipinski definition) is 2. The van der Waals surface area contributed by atoms with Crippen LogP contribution in [-0.4, -0.2) is 17.6 Å². The lowest BCUT2D eigenvalue weighted by Crippen LogP contribution is -2.31. The third kappa shape index (κ3) is 5.15. The van der Waals surface area contributed by atoms with Crippen molar-refractivity contribution in [2.45, 2.75) is 58.9 Å². The van der Waals surface area contributed by atoms with Gasteiger partial charge in [-0.15, -0.1) is 0 Å². The molecule has 3 rings (SSSR count).